The normalized spacial score (nSPS) is 9.61. The lowest BCUT2D eigenvalue weighted by Gasteiger charge is -2.09. The van der Waals surface area contributed by atoms with Crippen LogP contribution in [0.15, 0.2) is 35.1 Å². The number of nitrogens with zero attached hydrogens (tertiary/aromatic N) is 3. The minimum atomic E-state index is 0.283. The van der Waals surface area contributed by atoms with Crippen molar-refractivity contribution in [3.8, 4) is 11.8 Å². The predicted molar refractivity (Wildman–Crippen MR) is 70.7 cm³/mol. The fourth-order valence-electron chi connectivity index (χ4n) is 1.32. The zero-order valence-electron chi connectivity index (χ0n) is 9.51. The zero-order valence-corrected chi connectivity index (χ0v) is 11.1. The number of ether oxygens (including phenoxy) is 1. The first-order chi connectivity index (χ1) is 8.72. The molecular formula is C12H9BrN4O. The molecule has 0 fully saturated rings. The van der Waals surface area contributed by atoms with Crippen LogP contribution in [-0.2, 0) is 0 Å². The SMILES string of the molecule is COc1ccc(Br)c(Nc2cnc(C#N)cn2)c1. The predicted octanol–water partition coefficient (Wildman–Crippen LogP) is 2.86. The molecule has 0 radical (unpaired) electrons. The summed E-state index contributed by atoms with van der Waals surface area (Å²) < 4.78 is 6.03. The van der Waals surface area contributed by atoms with Gasteiger partial charge in [-0.05, 0) is 28.1 Å². The molecule has 0 bridgehead atoms. The summed E-state index contributed by atoms with van der Waals surface area (Å²) in [5.74, 6) is 1.30. The van der Waals surface area contributed by atoms with Crippen LogP contribution < -0.4 is 10.1 Å². The van der Waals surface area contributed by atoms with Crippen LogP contribution in [0.5, 0.6) is 5.75 Å². The van der Waals surface area contributed by atoms with E-state index in [1.54, 1.807) is 7.11 Å². The molecule has 90 valence electrons. The average molecular weight is 305 g/mol. The first-order valence-corrected chi connectivity index (χ1v) is 5.85. The van der Waals surface area contributed by atoms with Crippen LogP contribution in [0.3, 0.4) is 0 Å². The summed E-state index contributed by atoms with van der Waals surface area (Å²) in [4.78, 5) is 8.02. The maximum Gasteiger partial charge on any atom is 0.158 e. The van der Waals surface area contributed by atoms with Gasteiger partial charge in [0.1, 0.15) is 17.6 Å². The number of benzene rings is 1. The molecule has 0 amide bonds. The second-order valence-electron chi connectivity index (χ2n) is 3.37. The van der Waals surface area contributed by atoms with Gasteiger partial charge in [0, 0.05) is 10.5 Å². The van der Waals surface area contributed by atoms with Gasteiger partial charge in [-0.15, -0.1) is 0 Å². The van der Waals surface area contributed by atoms with Crippen molar-refractivity contribution in [3.05, 3.63) is 40.8 Å². The van der Waals surface area contributed by atoms with E-state index >= 15 is 0 Å². The lowest BCUT2D eigenvalue weighted by atomic mass is 10.3. The van der Waals surface area contributed by atoms with E-state index in [4.69, 9.17) is 10.00 Å². The topological polar surface area (TPSA) is 70.8 Å². The number of aromatic nitrogens is 2. The van der Waals surface area contributed by atoms with Crippen LogP contribution in [-0.4, -0.2) is 17.1 Å². The minimum Gasteiger partial charge on any atom is -0.497 e. The lowest BCUT2D eigenvalue weighted by molar-refractivity contribution is 0.415. The third-order valence-electron chi connectivity index (χ3n) is 2.20. The molecule has 18 heavy (non-hydrogen) atoms. The largest absolute Gasteiger partial charge is 0.497 e. The molecular weight excluding hydrogens is 296 g/mol. The van der Waals surface area contributed by atoms with Crippen molar-refractivity contribution in [2.45, 2.75) is 0 Å². The summed E-state index contributed by atoms with van der Waals surface area (Å²) in [5.41, 5.74) is 1.10. The Morgan fingerprint density at radius 2 is 2.17 bits per heavy atom. The number of nitrogens with one attached hydrogen (secondary N) is 1. The second-order valence-corrected chi connectivity index (χ2v) is 4.22. The lowest BCUT2D eigenvalue weighted by Crippen LogP contribution is -1.97. The molecule has 5 nitrogen and oxygen atoms in total. The molecule has 2 rings (SSSR count). The van der Waals surface area contributed by atoms with Crippen molar-refractivity contribution in [1.29, 1.82) is 5.26 Å². The van der Waals surface area contributed by atoms with Gasteiger partial charge in [0.2, 0.25) is 0 Å². The molecule has 0 spiro atoms. The molecule has 0 unspecified atom stereocenters. The Morgan fingerprint density at radius 1 is 1.33 bits per heavy atom. The van der Waals surface area contributed by atoms with E-state index < -0.39 is 0 Å². The van der Waals surface area contributed by atoms with Gasteiger partial charge in [-0.2, -0.15) is 5.26 Å². The van der Waals surface area contributed by atoms with Crippen LogP contribution >= 0.6 is 15.9 Å². The zero-order chi connectivity index (χ0) is 13.0. The van der Waals surface area contributed by atoms with E-state index in [9.17, 15) is 0 Å². The minimum absolute atomic E-state index is 0.283. The molecule has 1 N–H and O–H groups in total. The van der Waals surface area contributed by atoms with Crippen molar-refractivity contribution in [2.24, 2.45) is 0 Å². The van der Waals surface area contributed by atoms with Crippen molar-refractivity contribution in [1.82, 2.24) is 9.97 Å². The summed E-state index contributed by atoms with van der Waals surface area (Å²) in [6.45, 7) is 0. The molecule has 0 saturated carbocycles. The van der Waals surface area contributed by atoms with Crippen LogP contribution in [0.4, 0.5) is 11.5 Å². The van der Waals surface area contributed by atoms with E-state index in [-0.39, 0.29) is 5.69 Å². The average Bonchev–Trinajstić information content (AvgIpc) is 2.42. The molecule has 0 aliphatic heterocycles. The van der Waals surface area contributed by atoms with Crippen molar-refractivity contribution < 1.29 is 4.74 Å². The number of rotatable bonds is 3. The highest BCUT2D eigenvalue weighted by Crippen LogP contribution is 2.28. The number of anilines is 2. The number of methoxy groups -OCH3 is 1. The Labute approximate surface area is 113 Å². The van der Waals surface area contributed by atoms with Crippen molar-refractivity contribution in [2.75, 3.05) is 12.4 Å². The highest BCUT2D eigenvalue weighted by Gasteiger charge is 2.04. The second kappa shape index (κ2) is 5.47. The van der Waals surface area contributed by atoms with Gasteiger partial charge in [0.25, 0.3) is 0 Å². The number of halogens is 1. The molecule has 2 aromatic rings. The van der Waals surface area contributed by atoms with E-state index in [1.165, 1.54) is 12.4 Å². The summed E-state index contributed by atoms with van der Waals surface area (Å²) in [7, 11) is 1.61. The van der Waals surface area contributed by atoms with E-state index in [2.05, 4.69) is 31.2 Å². The van der Waals surface area contributed by atoms with Crippen molar-refractivity contribution >= 4 is 27.4 Å². The maximum atomic E-state index is 8.63. The smallest absolute Gasteiger partial charge is 0.158 e. The Morgan fingerprint density at radius 3 is 2.78 bits per heavy atom. The number of hydrogen-bond acceptors (Lipinski definition) is 5. The van der Waals surface area contributed by atoms with Crippen LogP contribution in [0.2, 0.25) is 0 Å². The summed E-state index contributed by atoms with van der Waals surface area (Å²) in [5, 5.41) is 11.7. The van der Waals surface area contributed by atoms with E-state index in [0.717, 1.165) is 15.9 Å². The van der Waals surface area contributed by atoms with Gasteiger partial charge >= 0.3 is 0 Å². The number of nitriles is 1. The molecule has 0 atom stereocenters. The standard InChI is InChI=1S/C12H9BrN4O/c1-18-9-2-3-10(13)11(4-9)17-12-7-15-8(5-14)6-16-12/h2-4,6-7H,1H3,(H,16,17). The molecule has 0 aliphatic carbocycles. The maximum absolute atomic E-state index is 8.63. The monoisotopic (exact) mass is 304 g/mol. The molecule has 6 heteroatoms. The first kappa shape index (κ1) is 12.3. The van der Waals surface area contributed by atoms with Crippen LogP contribution in [0, 0.1) is 11.3 Å². The van der Waals surface area contributed by atoms with Crippen molar-refractivity contribution in [3.63, 3.8) is 0 Å². The molecule has 0 aliphatic rings. The summed E-state index contributed by atoms with van der Waals surface area (Å²) >= 11 is 3.43. The number of hydrogen-bond donors (Lipinski definition) is 1. The fourth-order valence-corrected chi connectivity index (χ4v) is 1.66. The Bertz CT molecular complexity index is 592. The van der Waals surface area contributed by atoms with Gasteiger partial charge in [0.15, 0.2) is 5.69 Å². The van der Waals surface area contributed by atoms with Crippen LogP contribution in [0.25, 0.3) is 0 Å². The molecule has 1 aromatic carbocycles. The van der Waals surface area contributed by atoms with Gasteiger partial charge in [-0.3, -0.25) is 0 Å². The molecule has 0 saturated heterocycles. The highest BCUT2D eigenvalue weighted by molar-refractivity contribution is 9.10. The third-order valence-corrected chi connectivity index (χ3v) is 2.89. The molecule has 1 aromatic heterocycles. The van der Waals surface area contributed by atoms with Crippen LogP contribution in [0.1, 0.15) is 5.69 Å². The Balaban J connectivity index is 2.25. The summed E-state index contributed by atoms with van der Waals surface area (Å²) in [6, 6.07) is 7.47. The fraction of sp³-hybridized carbons (Fsp3) is 0.0833. The van der Waals surface area contributed by atoms with E-state index in [1.807, 2.05) is 24.3 Å². The first-order valence-electron chi connectivity index (χ1n) is 5.05. The van der Waals surface area contributed by atoms with Gasteiger partial charge in [-0.1, -0.05) is 0 Å². The quantitative estimate of drug-likeness (QED) is 0.944. The van der Waals surface area contributed by atoms with Gasteiger partial charge < -0.3 is 10.1 Å². The Hall–Kier alpha value is -2.13. The Kier molecular flexibility index (Phi) is 3.75. The highest BCUT2D eigenvalue weighted by atomic mass is 79.9. The summed E-state index contributed by atoms with van der Waals surface area (Å²) in [6.07, 6.45) is 2.92. The van der Waals surface area contributed by atoms with Gasteiger partial charge in [0.05, 0.1) is 25.2 Å². The van der Waals surface area contributed by atoms with E-state index in [0.29, 0.717) is 5.82 Å². The van der Waals surface area contributed by atoms with Gasteiger partial charge in [-0.25, -0.2) is 9.97 Å². The third kappa shape index (κ3) is 2.76. The molecule has 1 heterocycles.